The SMILES string of the molecule is CC(C#N)Oc1c(Br)cccc1[N+](=O)[O-]. The Morgan fingerprint density at radius 1 is 1.67 bits per heavy atom. The van der Waals surface area contributed by atoms with E-state index in [2.05, 4.69) is 15.9 Å². The van der Waals surface area contributed by atoms with Gasteiger partial charge in [0.25, 0.3) is 0 Å². The zero-order valence-electron chi connectivity index (χ0n) is 7.81. The molecule has 1 aromatic rings. The van der Waals surface area contributed by atoms with Crippen LogP contribution in [0.4, 0.5) is 5.69 Å². The molecule has 0 spiro atoms. The van der Waals surface area contributed by atoms with Crippen molar-refractivity contribution >= 4 is 21.6 Å². The van der Waals surface area contributed by atoms with E-state index in [4.69, 9.17) is 10.00 Å². The van der Waals surface area contributed by atoms with Crippen LogP contribution >= 0.6 is 15.9 Å². The van der Waals surface area contributed by atoms with Crippen LogP contribution in [0.15, 0.2) is 22.7 Å². The van der Waals surface area contributed by atoms with Crippen molar-refractivity contribution in [3.63, 3.8) is 0 Å². The van der Waals surface area contributed by atoms with Gasteiger partial charge in [-0.1, -0.05) is 6.07 Å². The van der Waals surface area contributed by atoms with Crippen molar-refractivity contribution in [1.29, 1.82) is 5.26 Å². The van der Waals surface area contributed by atoms with Crippen molar-refractivity contribution < 1.29 is 9.66 Å². The number of para-hydroxylation sites is 1. The summed E-state index contributed by atoms with van der Waals surface area (Å²) in [5.74, 6) is 0.0801. The fraction of sp³-hybridized carbons (Fsp3) is 0.222. The topological polar surface area (TPSA) is 76.2 Å². The van der Waals surface area contributed by atoms with Crippen LogP contribution in [0.5, 0.6) is 5.75 Å². The van der Waals surface area contributed by atoms with Crippen LogP contribution in [0.2, 0.25) is 0 Å². The van der Waals surface area contributed by atoms with E-state index in [1.165, 1.54) is 19.1 Å². The number of nitro benzene ring substituents is 1. The van der Waals surface area contributed by atoms with Gasteiger partial charge >= 0.3 is 5.69 Å². The van der Waals surface area contributed by atoms with Crippen molar-refractivity contribution in [2.75, 3.05) is 0 Å². The molecule has 15 heavy (non-hydrogen) atoms. The third kappa shape index (κ3) is 2.67. The van der Waals surface area contributed by atoms with Crippen LogP contribution in [-0.4, -0.2) is 11.0 Å². The molecule has 0 heterocycles. The standard InChI is InChI=1S/C9H7BrN2O3/c1-6(5-11)15-9-7(10)3-2-4-8(9)12(13)14/h2-4,6H,1H3. The predicted molar refractivity (Wildman–Crippen MR) is 56.5 cm³/mol. The lowest BCUT2D eigenvalue weighted by Gasteiger charge is -2.09. The second-order valence-corrected chi connectivity index (χ2v) is 3.59. The maximum atomic E-state index is 10.7. The Labute approximate surface area is 94.6 Å². The molecule has 1 aromatic carbocycles. The summed E-state index contributed by atoms with van der Waals surface area (Å²) >= 11 is 3.13. The number of hydrogen-bond donors (Lipinski definition) is 0. The zero-order chi connectivity index (χ0) is 11.4. The molecule has 0 saturated heterocycles. The maximum Gasteiger partial charge on any atom is 0.312 e. The molecule has 0 amide bonds. The minimum absolute atomic E-state index is 0.0801. The molecule has 0 bridgehead atoms. The maximum absolute atomic E-state index is 10.7. The number of hydrogen-bond acceptors (Lipinski definition) is 4. The highest BCUT2D eigenvalue weighted by molar-refractivity contribution is 9.10. The molecule has 1 atom stereocenters. The Bertz CT molecular complexity index is 428. The first kappa shape index (κ1) is 11.5. The van der Waals surface area contributed by atoms with Gasteiger partial charge in [0, 0.05) is 6.07 Å². The number of benzene rings is 1. The number of nitro groups is 1. The quantitative estimate of drug-likeness (QED) is 0.625. The molecule has 1 rings (SSSR count). The van der Waals surface area contributed by atoms with E-state index in [1.807, 2.05) is 6.07 Å². The zero-order valence-corrected chi connectivity index (χ0v) is 9.39. The van der Waals surface area contributed by atoms with Crippen molar-refractivity contribution in [3.8, 4) is 11.8 Å². The summed E-state index contributed by atoms with van der Waals surface area (Å²) in [6.07, 6.45) is -0.734. The lowest BCUT2D eigenvalue weighted by Crippen LogP contribution is -2.10. The Morgan fingerprint density at radius 2 is 2.33 bits per heavy atom. The van der Waals surface area contributed by atoms with Gasteiger partial charge in [0.2, 0.25) is 5.75 Å². The highest BCUT2D eigenvalue weighted by Crippen LogP contribution is 2.35. The largest absolute Gasteiger partial charge is 0.468 e. The molecule has 0 aromatic heterocycles. The van der Waals surface area contributed by atoms with E-state index in [9.17, 15) is 10.1 Å². The molecule has 1 unspecified atom stereocenters. The van der Waals surface area contributed by atoms with E-state index in [0.29, 0.717) is 4.47 Å². The van der Waals surface area contributed by atoms with E-state index in [0.717, 1.165) is 0 Å². The molecule has 78 valence electrons. The molecular weight excluding hydrogens is 264 g/mol. The number of nitrogens with zero attached hydrogens (tertiary/aromatic N) is 2. The number of nitriles is 1. The van der Waals surface area contributed by atoms with Crippen LogP contribution in [0.25, 0.3) is 0 Å². The van der Waals surface area contributed by atoms with Gasteiger partial charge in [-0.2, -0.15) is 5.26 Å². The van der Waals surface area contributed by atoms with Gasteiger partial charge < -0.3 is 4.74 Å². The first-order valence-electron chi connectivity index (χ1n) is 4.05. The van der Waals surface area contributed by atoms with Gasteiger partial charge in [-0.15, -0.1) is 0 Å². The van der Waals surface area contributed by atoms with Crippen LogP contribution < -0.4 is 4.74 Å². The second-order valence-electron chi connectivity index (χ2n) is 2.73. The second kappa shape index (κ2) is 4.75. The van der Waals surface area contributed by atoms with E-state index < -0.39 is 11.0 Å². The summed E-state index contributed by atoms with van der Waals surface area (Å²) in [6.45, 7) is 1.52. The first-order valence-corrected chi connectivity index (χ1v) is 4.84. The van der Waals surface area contributed by atoms with Gasteiger partial charge in [0.05, 0.1) is 9.40 Å². The van der Waals surface area contributed by atoms with Crippen molar-refractivity contribution in [2.24, 2.45) is 0 Å². The third-order valence-corrected chi connectivity index (χ3v) is 2.24. The summed E-state index contributed by atoms with van der Waals surface area (Å²) in [5.41, 5.74) is -0.161. The molecule has 0 aliphatic rings. The van der Waals surface area contributed by atoms with Gasteiger partial charge in [0.1, 0.15) is 6.07 Å². The summed E-state index contributed by atoms with van der Waals surface area (Å²) in [6, 6.07) is 6.32. The Morgan fingerprint density at radius 3 is 2.87 bits per heavy atom. The number of halogens is 1. The highest BCUT2D eigenvalue weighted by atomic mass is 79.9. The van der Waals surface area contributed by atoms with Crippen molar-refractivity contribution in [3.05, 3.63) is 32.8 Å². The smallest absolute Gasteiger partial charge is 0.312 e. The third-order valence-electron chi connectivity index (χ3n) is 1.62. The molecule has 0 aliphatic heterocycles. The van der Waals surface area contributed by atoms with Gasteiger partial charge in [-0.25, -0.2) is 0 Å². The Hall–Kier alpha value is -1.61. The minimum Gasteiger partial charge on any atom is -0.468 e. The molecule has 0 fully saturated rings. The lowest BCUT2D eigenvalue weighted by molar-refractivity contribution is -0.386. The lowest BCUT2D eigenvalue weighted by atomic mass is 10.3. The highest BCUT2D eigenvalue weighted by Gasteiger charge is 2.19. The number of rotatable bonds is 3. The van der Waals surface area contributed by atoms with Crippen LogP contribution in [0, 0.1) is 21.4 Å². The fourth-order valence-electron chi connectivity index (χ4n) is 0.961. The van der Waals surface area contributed by atoms with Crippen molar-refractivity contribution in [2.45, 2.75) is 13.0 Å². The summed E-state index contributed by atoms with van der Waals surface area (Å²) in [5, 5.41) is 19.2. The van der Waals surface area contributed by atoms with Gasteiger partial charge in [-0.05, 0) is 28.9 Å². The number of ether oxygens (including phenoxy) is 1. The minimum atomic E-state index is -0.734. The van der Waals surface area contributed by atoms with Gasteiger partial charge in [0.15, 0.2) is 6.10 Å². The molecule has 0 aliphatic carbocycles. The Kier molecular flexibility index (Phi) is 3.63. The van der Waals surface area contributed by atoms with Crippen LogP contribution in [0.1, 0.15) is 6.92 Å². The summed E-state index contributed by atoms with van der Waals surface area (Å²) in [4.78, 5) is 10.1. The van der Waals surface area contributed by atoms with E-state index in [1.54, 1.807) is 6.07 Å². The summed E-state index contributed by atoms with van der Waals surface area (Å²) < 4.78 is 5.59. The normalized spacial score (nSPS) is 11.5. The Balaban J connectivity index is 3.14. The summed E-state index contributed by atoms with van der Waals surface area (Å²) in [7, 11) is 0. The van der Waals surface area contributed by atoms with E-state index >= 15 is 0 Å². The average molecular weight is 271 g/mol. The molecule has 6 heteroatoms. The molecular formula is C9H7BrN2O3. The molecule has 5 nitrogen and oxygen atoms in total. The van der Waals surface area contributed by atoms with Crippen molar-refractivity contribution in [1.82, 2.24) is 0 Å². The fourth-order valence-corrected chi connectivity index (χ4v) is 1.41. The van der Waals surface area contributed by atoms with Gasteiger partial charge in [-0.3, -0.25) is 10.1 Å². The molecule has 0 N–H and O–H groups in total. The monoisotopic (exact) mass is 270 g/mol. The van der Waals surface area contributed by atoms with E-state index in [-0.39, 0.29) is 11.4 Å². The first-order chi connectivity index (χ1) is 7.06. The van der Waals surface area contributed by atoms with Crippen LogP contribution in [0.3, 0.4) is 0 Å². The van der Waals surface area contributed by atoms with Crippen LogP contribution in [-0.2, 0) is 0 Å². The molecule has 0 saturated carbocycles. The molecule has 0 radical (unpaired) electrons. The predicted octanol–water partition coefficient (Wildman–Crippen LogP) is 2.65. The average Bonchev–Trinajstić information content (AvgIpc) is 2.20.